The second-order valence-corrected chi connectivity index (χ2v) is 3.66. The van der Waals surface area contributed by atoms with Crippen LogP contribution >= 0.6 is 0 Å². The fourth-order valence-electron chi connectivity index (χ4n) is 1.27. The average molecular weight is 240 g/mol. The standard InChI is InChI=1S/C11H16N2O4/c1-12(7-9-5-4-6-17-9)10(14)8-13(2)11(15)16-3/h4-6H,7-8H2,1-3H3. The van der Waals surface area contributed by atoms with Crippen molar-refractivity contribution >= 4 is 12.0 Å². The number of hydrogen-bond donors (Lipinski definition) is 0. The van der Waals surface area contributed by atoms with Gasteiger partial charge in [-0.05, 0) is 12.1 Å². The van der Waals surface area contributed by atoms with E-state index >= 15 is 0 Å². The van der Waals surface area contributed by atoms with Crippen LogP contribution in [0.1, 0.15) is 5.76 Å². The molecule has 2 amide bonds. The van der Waals surface area contributed by atoms with Crippen LogP contribution in [0.3, 0.4) is 0 Å². The Morgan fingerprint density at radius 3 is 2.59 bits per heavy atom. The molecule has 0 bridgehead atoms. The molecule has 6 nitrogen and oxygen atoms in total. The number of methoxy groups -OCH3 is 1. The molecule has 1 rings (SSSR count). The van der Waals surface area contributed by atoms with Crippen LogP contribution in [0.25, 0.3) is 0 Å². The minimum atomic E-state index is -0.537. The first kappa shape index (κ1) is 13.1. The van der Waals surface area contributed by atoms with Gasteiger partial charge in [0.2, 0.25) is 5.91 Å². The molecule has 0 radical (unpaired) electrons. The van der Waals surface area contributed by atoms with E-state index in [9.17, 15) is 9.59 Å². The summed E-state index contributed by atoms with van der Waals surface area (Å²) in [6, 6.07) is 3.54. The third-order valence-electron chi connectivity index (χ3n) is 2.26. The molecule has 0 aliphatic carbocycles. The number of likely N-dealkylation sites (N-methyl/N-ethyl adjacent to an activating group) is 2. The summed E-state index contributed by atoms with van der Waals surface area (Å²) in [6.07, 6.45) is 1.01. The highest BCUT2D eigenvalue weighted by molar-refractivity contribution is 5.81. The SMILES string of the molecule is COC(=O)N(C)CC(=O)N(C)Cc1ccco1. The van der Waals surface area contributed by atoms with Crippen LogP contribution in [0.4, 0.5) is 4.79 Å². The van der Waals surface area contributed by atoms with Crippen molar-refractivity contribution in [3.8, 4) is 0 Å². The Morgan fingerprint density at radius 1 is 1.35 bits per heavy atom. The fraction of sp³-hybridized carbons (Fsp3) is 0.455. The van der Waals surface area contributed by atoms with Crippen molar-refractivity contribution in [3.05, 3.63) is 24.2 Å². The van der Waals surface area contributed by atoms with Gasteiger partial charge >= 0.3 is 6.09 Å². The number of nitrogens with zero attached hydrogens (tertiary/aromatic N) is 2. The molecular formula is C11H16N2O4. The molecule has 0 aliphatic heterocycles. The summed E-state index contributed by atoms with van der Waals surface area (Å²) in [4.78, 5) is 25.5. The predicted octanol–water partition coefficient (Wildman–Crippen LogP) is 0.936. The summed E-state index contributed by atoms with van der Waals surface area (Å²) in [6.45, 7) is 0.352. The molecule has 0 saturated carbocycles. The first-order valence-corrected chi connectivity index (χ1v) is 5.10. The molecule has 0 N–H and O–H groups in total. The van der Waals surface area contributed by atoms with Gasteiger partial charge in [0, 0.05) is 14.1 Å². The van der Waals surface area contributed by atoms with Gasteiger partial charge in [-0.2, -0.15) is 0 Å². The molecular weight excluding hydrogens is 224 g/mol. The first-order chi connectivity index (χ1) is 8.04. The molecule has 1 heterocycles. The number of hydrogen-bond acceptors (Lipinski definition) is 4. The maximum absolute atomic E-state index is 11.7. The molecule has 0 aromatic carbocycles. The minimum absolute atomic E-state index is 0.0239. The maximum Gasteiger partial charge on any atom is 0.409 e. The van der Waals surface area contributed by atoms with Crippen molar-refractivity contribution < 1.29 is 18.7 Å². The topological polar surface area (TPSA) is 63.0 Å². The first-order valence-electron chi connectivity index (χ1n) is 5.10. The van der Waals surface area contributed by atoms with Crippen molar-refractivity contribution in [2.24, 2.45) is 0 Å². The zero-order valence-electron chi connectivity index (χ0n) is 10.2. The van der Waals surface area contributed by atoms with Crippen molar-refractivity contribution in [1.29, 1.82) is 0 Å². The van der Waals surface area contributed by atoms with Crippen molar-refractivity contribution in [1.82, 2.24) is 9.80 Å². The molecule has 0 spiro atoms. The Bertz CT molecular complexity index is 375. The normalized spacial score (nSPS) is 9.82. The molecule has 94 valence electrons. The minimum Gasteiger partial charge on any atom is -0.467 e. The van der Waals surface area contributed by atoms with E-state index in [0.29, 0.717) is 12.3 Å². The molecule has 0 fully saturated rings. The van der Waals surface area contributed by atoms with E-state index in [0.717, 1.165) is 0 Å². The lowest BCUT2D eigenvalue weighted by Crippen LogP contribution is -2.38. The van der Waals surface area contributed by atoms with Gasteiger partial charge in [0.15, 0.2) is 0 Å². The molecule has 6 heteroatoms. The molecule has 0 atom stereocenters. The van der Waals surface area contributed by atoms with Gasteiger partial charge in [-0.25, -0.2) is 4.79 Å². The third-order valence-corrected chi connectivity index (χ3v) is 2.26. The van der Waals surface area contributed by atoms with Crippen LogP contribution in [0.2, 0.25) is 0 Å². The van der Waals surface area contributed by atoms with Crippen LogP contribution in [0, 0.1) is 0 Å². The number of carbonyl (C=O) groups is 2. The summed E-state index contributed by atoms with van der Waals surface area (Å²) >= 11 is 0. The van der Waals surface area contributed by atoms with E-state index < -0.39 is 6.09 Å². The number of carbonyl (C=O) groups excluding carboxylic acids is 2. The van der Waals surface area contributed by atoms with E-state index in [2.05, 4.69) is 4.74 Å². The van der Waals surface area contributed by atoms with E-state index in [-0.39, 0.29) is 12.5 Å². The average Bonchev–Trinajstić information content (AvgIpc) is 2.80. The van der Waals surface area contributed by atoms with Crippen molar-refractivity contribution in [2.45, 2.75) is 6.54 Å². The summed E-state index contributed by atoms with van der Waals surface area (Å²) in [5, 5.41) is 0. The van der Waals surface area contributed by atoms with E-state index in [1.807, 2.05) is 0 Å². The lowest BCUT2D eigenvalue weighted by Gasteiger charge is -2.20. The molecule has 1 aromatic heterocycles. The zero-order valence-corrected chi connectivity index (χ0v) is 10.2. The quantitative estimate of drug-likeness (QED) is 0.785. The summed E-state index contributed by atoms with van der Waals surface area (Å²) in [7, 11) is 4.43. The van der Waals surface area contributed by atoms with Gasteiger partial charge in [-0.1, -0.05) is 0 Å². The Hall–Kier alpha value is -1.98. The summed E-state index contributed by atoms with van der Waals surface area (Å²) in [5.74, 6) is 0.510. The second kappa shape index (κ2) is 5.93. The van der Waals surface area contributed by atoms with Gasteiger partial charge < -0.3 is 19.0 Å². The molecule has 0 saturated heterocycles. The summed E-state index contributed by atoms with van der Waals surface area (Å²) in [5.41, 5.74) is 0. The molecule has 0 unspecified atom stereocenters. The van der Waals surface area contributed by atoms with Gasteiger partial charge in [-0.3, -0.25) is 4.79 Å². The van der Waals surface area contributed by atoms with Crippen molar-refractivity contribution in [2.75, 3.05) is 27.7 Å². The Kier molecular flexibility index (Phi) is 4.56. The van der Waals surface area contributed by atoms with Crippen LogP contribution in [0.5, 0.6) is 0 Å². The molecule has 17 heavy (non-hydrogen) atoms. The Labute approximate surface area is 99.7 Å². The number of amides is 2. The van der Waals surface area contributed by atoms with Gasteiger partial charge in [0.05, 0.1) is 19.9 Å². The highest BCUT2D eigenvalue weighted by Gasteiger charge is 2.16. The fourth-order valence-corrected chi connectivity index (χ4v) is 1.27. The maximum atomic E-state index is 11.7. The summed E-state index contributed by atoms with van der Waals surface area (Å²) < 4.78 is 9.63. The van der Waals surface area contributed by atoms with Gasteiger partial charge in [0.1, 0.15) is 12.3 Å². The lowest BCUT2D eigenvalue weighted by atomic mass is 10.4. The Morgan fingerprint density at radius 2 is 2.06 bits per heavy atom. The van der Waals surface area contributed by atoms with Crippen LogP contribution in [-0.4, -0.2) is 49.6 Å². The zero-order chi connectivity index (χ0) is 12.8. The predicted molar refractivity (Wildman–Crippen MR) is 60.2 cm³/mol. The van der Waals surface area contributed by atoms with E-state index in [1.165, 1.54) is 24.0 Å². The third kappa shape index (κ3) is 3.82. The smallest absolute Gasteiger partial charge is 0.409 e. The number of ether oxygens (including phenoxy) is 1. The lowest BCUT2D eigenvalue weighted by molar-refractivity contribution is -0.131. The van der Waals surface area contributed by atoms with Gasteiger partial charge in [0.25, 0.3) is 0 Å². The number of furan rings is 1. The van der Waals surface area contributed by atoms with Gasteiger partial charge in [-0.15, -0.1) is 0 Å². The van der Waals surface area contributed by atoms with Crippen LogP contribution in [0.15, 0.2) is 22.8 Å². The molecule has 0 aliphatic rings. The number of rotatable bonds is 4. The van der Waals surface area contributed by atoms with Crippen LogP contribution < -0.4 is 0 Å². The van der Waals surface area contributed by atoms with E-state index in [4.69, 9.17) is 4.42 Å². The molecule has 1 aromatic rings. The van der Waals surface area contributed by atoms with Crippen molar-refractivity contribution in [3.63, 3.8) is 0 Å². The Balaban J connectivity index is 2.44. The van der Waals surface area contributed by atoms with Crippen LogP contribution in [-0.2, 0) is 16.1 Å². The highest BCUT2D eigenvalue weighted by Crippen LogP contribution is 2.04. The monoisotopic (exact) mass is 240 g/mol. The second-order valence-electron chi connectivity index (χ2n) is 3.66. The van der Waals surface area contributed by atoms with E-state index in [1.54, 1.807) is 25.4 Å². The highest BCUT2D eigenvalue weighted by atomic mass is 16.5. The largest absolute Gasteiger partial charge is 0.467 e.